The monoisotopic (exact) mass is 491 g/mol. The lowest BCUT2D eigenvalue weighted by atomic mass is 9.90. The maximum Gasteiger partial charge on any atom is 0.269 e. The number of ketones is 2. The van der Waals surface area contributed by atoms with E-state index in [1.165, 1.54) is 60.9 Å². The highest BCUT2D eigenvalue weighted by Gasteiger charge is 2.22. The Morgan fingerprint density at radius 1 is 0.757 bits per heavy atom. The normalized spacial score (nSPS) is 10.8. The molecule has 1 aromatic heterocycles. The van der Waals surface area contributed by atoms with E-state index >= 15 is 0 Å². The van der Waals surface area contributed by atoms with Gasteiger partial charge >= 0.3 is 0 Å². The second kappa shape index (κ2) is 9.35. The molecule has 0 atom stereocenters. The van der Waals surface area contributed by atoms with Crippen molar-refractivity contribution in [2.45, 2.75) is 0 Å². The van der Waals surface area contributed by atoms with Crippen molar-refractivity contribution in [3.05, 3.63) is 140 Å². The molecule has 1 N–H and O–H groups in total. The minimum absolute atomic E-state index is 0.0257. The fourth-order valence-electron chi connectivity index (χ4n) is 4.08. The lowest BCUT2D eigenvalue weighted by Crippen LogP contribution is -2.11. The summed E-state index contributed by atoms with van der Waals surface area (Å²) in [4.78, 5) is 50.5. The van der Waals surface area contributed by atoms with Crippen LogP contribution in [0.1, 0.15) is 31.8 Å². The van der Waals surface area contributed by atoms with Gasteiger partial charge in [0.15, 0.2) is 11.6 Å². The first-order valence-electron chi connectivity index (χ1n) is 11.1. The van der Waals surface area contributed by atoms with Crippen LogP contribution in [0.2, 0.25) is 0 Å². The van der Waals surface area contributed by atoms with Crippen LogP contribution in [0.3, 0.4) is 0 Å². The molecule has 0 unspecified atom stereocenters. The van der Waals surface area contributed by atoms with E-state index in [0.717, 1.165) is 0 Å². The molecule has 0 saturated heterocycles. The molecule has 4 aromatic carbocycles. The lowest BCUT2D eigenvalue weighted by Gasteiger charge is -2.12. The molecular weight excluding hydrogens is 474 g/mol. The molecule has 180 valence electrons. The molecule has 0 saturated carbocycles. The van der Waals surface area contributed by atoms with Crippen LogP contribution in [-0.2, 0) is 0 Å². The van der Waals surface area contributed by atoms with Crippen molar-refractivity contribution in [3.63, 3.8) is 0 Å². The third-order valence-corrected chi connectivity index (χ3v) is 5.99. The summed E-state index contributed by atoms with van der Waals surface area (Å²) in [5.41, 5.74) is 0.500. The van der Waals surface area contributed by atoms with Crippen LogP contribution in [0.15, 0.2) is 106 Å². The Labute approximate surface area is 209 Å². The molecule has 8 nitrogen and oxygen atoms in total. The maximum atomic E-state index is 13.6. The maximum absolute atomic E-state index is 13.6. The van der Waals surface area contributed by atoms with Gasteiger partial charge < -0.3 is 9.52 Å². The Morgan fingerprint density at radius 3 is 2.14 bits per heavy atom. The molecule has 0 fully saturated rings. The largest absolute Gasteiger partial charge is 0.507 e. The molecule has 0 amide bonds. The van der Waals surface area contributed by atoms with Gasteiger partial charge in [0, 0.05) is 28.8 Å². The smallest absolute Gasteiger partial charge is 0.269 e. The van der Waals surface area contributed by atoms with Gasteiger partial charge in [-0.15, -0.1) is 0 Å². The highest BCUT2D eigenvalue weighted by Crippen LogP contribution is 2.29. The number of benzene rings is 4. The van der Waals surface area contributed by atoms with Gasteiger partial charge in [-0.3, -0.25) is 24.5 Å². The quantitative estimate of drug-likeness (QED) is 0.188. The first kappa shape index (κ1) is 23.4. The summed E-state index contributed by atoms with van der Waals surface area (Å²) in [6, 6.07) is 22.0. The van der Waals surface area contributed by atoms with Crippen LogP contribution in [0, 0.1) is 10.1 Å². The van der Waals surface area contributed by atoms with Crippen molar-refractivity contribution in [2.24, 2.45) is 0 Å². The first-order valence-corrected chi connectivity index (χ1v) is 11.1. The van der Waals surface area contributed by atoms with Gasteiger partial charge in [-0.05, 0) is 48.0 Å². The number of hydrogen-bond acceptors (Lipinski definition) is 7. The number of nitro benzene ring substituents is 1. The van der Waals surface area contributed by atoms with Crippen LogP contribution in [0.25, 0.3) is 22.1 Å². The van der Waals surface area contributed by atoms with Gasteiger partial charge in [0.2, 0.25) is 5.43 Å². The Morgan fingerprint density at radius 2 is 1.41 bits per heavy atom. The molecule has 5 aromatic rings. The molecule has 8 heteroatoms. The zero-order chi connectivity index (χ0) is 26.1. The van der Waals surface area contributed by atoms with Crippen molar-refractivity contribution in [2.75, 3.05) is 0 Å². The minimum Gasteiger partial charge on any atom is -0.507 e. The Kier molecular flexibility index (Phi) is 5.91. The van der Waals surface area contributed by atoms with Crippen LogP contribution in [-0.4, -0.2) is 21.6 Å². The van der Waals surface area contributed by atoms with Crippen molar-refractivity contribution >= 4 is 28.2 Å². The van der Waals surface area contributed by atoms with Crippen LogP contribution < -0.4 is 5.43 Å². The van der Waals surface area contributed by atoms with Crippen LogP contribution >= 0.6 is 0 Å². The first-order chi connectivity index (χ1) is 17.8. The third-order valence-electron chi connectivity index (χ3n) is 5.99. The number of phenols is 1. The van der Waals surface area contributed by atoms with E-state index in [0.29, 0.717) is 11.0 Å². The number of hydrogen-bond donors (Lipinski definition) is 1. The van der Waals surface area contributed by atoms with Gasteiger partial charge in [-0.2, -0.15) is 0 Å². The zero-order valence-electron chi connectivity index (χ0n) is 19.1. The molecule has 1 heterocycles. The number of aromatic hydroxyl groups is 1. The zero-order valence-corrected chi connectivity index (χ0v) is 19.1. The van der Waals surface area contributed by atoms with E-state index in [1.807, 2.05) is 0 Å². The summed E-state index contributed by atoms with van der Waals surface area (Å²) in [6.07, 6.45) is 1.26. The van der Waals surface area contributed by atoms with E-state index in [-0.39, 0.29) is 50.2 Å². The van der Waals surface area contributed by atoms with Crippen molar-refractivity contribution in [1.82, 2.24) is 0 Å². The fourth-order valence-corrected chi connectivity index (χ4v) is 4.08. The van der Waals surface area contributed by atoms with E-state index in [9.17, 15) is 29.6 Å². The average molecular weight is 491 g/mol. The summed E-state index contributed by atoms with van der Waals surface area (Å²) >= 11 is 0. The predicted molar refractivity (Wildman–Crippen MR) is 136 cm³/mol. The second-order valence-electron chi connectivity index (χ2n) is 8.21. The summed E-state index contributed by atoms with van der Waals surface area (Å²) in [5, 5.41) is 21.5. The summed E-state index contributed by atoms with van der Waals surface area (Å²) < 4.78 is 5.64. The molecule has 0 bridgehead atoms. The van der Waals surface area contributed by atoms with Crippen LogP contribution in [0.4, 0.5) is 5.69 Å². The van der Waals surface area contributed by atoms with Gasteiger partial charge in [0.25, 0.3) is 5.69 Å². The van der Waals surface area contributed by atoms with E-state index in [4.69, 9.17) is 4.42 Å². The molecule has 0 aliphatic heterocycles. The minimum atomic E-state index is -0.578. The molecule has 0 spiro atoms. The lowest BCUT2D eigenvalue weighted by molar-refractivity contribution is -0.384. The highest BCUT2D eigenvalue weighted by atomic mass is 16.6. The average Bonchev–Trinajstić information content (AvgIpc) is 2.93. The number of rotatable bonds is 6. The van der Waals surface area contributed by atoms with Crippen molar-refractivity contribution in [3.8, 4) is 16.9 Å². The van der Waals surface area contributed by atoms with Crippen molar-refractivity contribution in [1.29, 1.82) is 0 Å². The molecule has 0 radical (unpaired) electrons. The van der Waals surface area contributed by atoms with E-state index in [2.05, 4.69) is 0 Å². The third kappa shape index (κ3) is 4.28. The molecule has 37 heavy (non-hydrogen) atoms. The van der Waals surface area contributed by atoms with Gasteiger partial charge in [-0.25, -0.2) is 0 Å². The standard InChI is InChI=1S/C29H17NO7/c31-25-7-3-1-5-21(25)28(33)18-11-14-20(24-16-37-26-8-4-2-6-22(26)29(24)34)23(15-18)27(32)17-9-12-19(13-10-17)30(35)36/h1-16,31H. The summed E-state index contributed by atoms with van der Waals surface area (Å²) in [5.74, 6) is -1.28. The number of nitrogens with zero attached hydrogens (tertiary/aromatic N) is 1. The van der Waals surface area contributed by atoms with E-state index in [1.54, 1.807) is 36.4 Å². The molecular formula is C29H17NO7. The van der Waals surface area contributed by atoms with Crippen molar-refractivity contribution < 1.29 is 24.0 Å². The number of non-ortho nitro benzene ring substituents is 1. The van der Waals surface area contributed by atoms with Gasteiger partial charge in [0.1, 0.15) is 17.6 Å². The number of phenolic OH excluding ortho intramolecular Hbond substituents is 1. The number of fused-ring (bicyclic) bond motifs is 1. The highest BCUT2D eigenvalue weighted by molar-refractivity contribution is 6.16. The Balaban J connectivity index is 1.70. The summed E-state index contributed by atoms with van der Waals surface area (Å²) in [7, 11) is 0. The second-order valence-corrected chi connectivity index (χ2v) is 8.21. The van der Waals surface area contributed by atoms with Gasteiger partial charge in [0.05, 0.1) is 21.4 Å². The predicted octanol–water partition coefficient (Wildman–Crippen LogP) is 5.54. The number of carbonyl (C=O) groups excluding carboxylic acids is 2. The Bertz CT molecular complexity index is 1770. The fraction of sp³-hybridized carbons (Fsp3) is 0. The number of nitro groups is 1. The van der Waals surface area contributed by atoms with Crippen LogP contribution in [0.5, 0.6) is 5.75 Å². The summed E-state index contributed by atoms with van der Waals surface area (Å²) in [6.45, 7) is 0. The van der Waals surface area contributed by atoms with Gasteiger partial charge in [-0.1, -0.05) is 36.4 Å². The molecule has 5 rings (SSSR count). The molecule has 0 aliphatic rings. The molecule has 0 aliphatic carbocycles. The SMILES string of the molecule is O=C(c1ccc(-c2coc3ccccc3c2=O)c(C(=O)c2ccc([N+](=O)[O-])cc2)c1)c1ccccc1O. The topological polar surface area (TPSA) is 128 Å². The Hall–Kier alpha value is -5.37. The van der Waals surface area contributed by atoms with E-state index < -0.39 is 16.5 Å². The number of carbonyl (C=O) groups is 2. The number of para-hydroxylation sites is 2.